The van der Waals surface area contributed by atoms with Crippen molar-refractivity contribution in [1.29, 1.82) is 0 Å². The van der Waals surface area contributed by atoms with E-state index in [1.165, 1.54) is 12.0 Å². The molecule has 0 spiro atoms. The number of benzene rings is 1. The molecule has 0 radical (unpaired) electrons. The highest BCUT2D eigenvalue weighted by Gasteiger charge is 1.97. The highest BCUT2D eigenvalue weighted by molar-refractivity contribution is 6.30. The zero-order chi connectivity index (χ0) is 11.1. The van der Waals surface area contributed by atoms with Crippen LogP contribution < -0.4 is 5.32 Å². The summed E-state index contributed by atoms with van der Waals surface area (Å²) in [5.41, 5.74) is 1.34. The average molecular weight is 226 g/mol. The molecule has 1 unspecified atom stereocenters. The molecule has 0 heterocycles. The van der Waals surface area contributed by atoms with E-state index in [2.05, 4.69) is 31.3 Å². The van der Waals surface area contributed by atoms with Gasteiger partial charge in [-0.1, -0.05) is 44.0 Å². The van der Waals surface area contributed by atoms with E-state index in [9.17, 15) is 0 Å². The number of halogens is 1. The first-order valence-electron chi connectivity index (χ1n) is 5.67. The molecule has 0 aliphatic rings. The van der Waals surface area contributed by atoms with E-state index in [1.54, 1.807) is 0 Å². The average Bonchev–Trinajstić information content (AvgIpc) is 2.26. The van der Waals surface area contributed by atoms with Gasteiger partial charge in [0.25, 0.3) is 0 Å². The molecule has 1 N–H and O–H groups in total. The molecule has 0 bridgehead atoms. The molecule has 0 amide bonds. The van der Waals surface area contributed by atoms with Crippen LogP contribution in [0.2, 0.25) is 5.02 Å². The zero-order valence-corrected chi connectivity index (χ0v) is 10.3. The predicted octanol–water partition coefficient (Wildman–Crippen LogP) is 3.52. The van der Waals surface area contributed by atoms with Crippen molar-refractivity contribution in [3.8, 4) is 0 Å². The summed E-state index contributed by atoms with van der Waals surface area (Å²) in [4.78, 5) is 0. The first-order valence-corrected chi connectivity index (χ1v) is 6.05. The SMILES string of the molecule is CCC(C)CNCCc1ccc(Cl)cc1. The highest BCUT2D eigenvalue weighted by Crippen LogP contribution is 2.09. The van der Waals surface area contributed by atoms with Crippen LogP contribution in [0.15, 0.2) is 24.3 Å². The number of nitrogens with one attached hydrogen (secondary N) is 1. The Bertz CT molecular complexity index is 268. The van der Waals surface area contributed by atoms with Crippen LogP contribution in [0.1, 0.15) is 25.8 Å². The molecule has 0 saturated heterocycles. The van der Waals surface area contributed by atoms with Gasteiger partial charge in [-0.05, 0) is 43.1 Å². The van der Waals surface area contributed by atoms with Crippen LogP contribution in [0.5, 0.6) is 0 Å². The second-order valence-corrected chi connectivity index (χ2v) is 4.53. The van der Waals surface area contributed by atoms with Crippen LogP contribution in [-0.2, 0) is 6.42 Å². The monoisotopic (exact) mass is 225 g/mol. The van der Waals surface area contributed by atoms with Crippen molar-refractivity contribution in [2.75, 3.05) is 13.1 Å². The van der Waals surface area contributed by atoms with Gasteiger partial charge < -0.3 is 5.32 Å². The Morgan fingerprint density at radius 3 is 2.53 bits per heavy atom. The minimum atomic E-state index is 0.773. The number of rotatable bonds is 6. The van der Waals surface area contributed by atoms with E-state index < -0.39 is 0 Å². The van der Waals surface area contributed by atoms with Gasteiger partial charge in [-0.25, -0.2) is 0 Å². The van der Waals surface area contributed by atoms with E-state index in [1.807, 2.05) is 12.1 Å². The van der Waals surface area contributed by atoms with E-state index >= 15 is 0 Å². The number of hydrogen-bond acceptors (Lipinski definition) is 1. The topological polar surface area (TPSA) is 12.0 Å². The lowest BCUT2D eigenvalue weighted by Crippen LogP contribution is -2.23. The molecule has 15 heavy (non-hydrogen) atoms. The van der Waals surface area contributed by atoms with Crippen molar-refractivity contribution in [3.63, 3.8) is 0 Å². The van der Waals surface area contributed by atoms with Crippen LogP contribution in [0.25, 0.3) is 0 Å². The Hall–Kier alpha value is -0.530. The minimum absolute atomic E-state index is 0.773. The third kappa shape index (κ3) is 5.19. The molecule has 1 aromatic carbocycles. The molecule has 0 saturated carbocycles. The quantitative estimate of drug-likeness (QED) is 0.731. The van der Waals surface area contributed by atoms with Crippen molar-refractivity contribution in [1.82, 2.24) is 5.32 Å². The van der Waals surface area contributed by atoms with E-state index in [0.717, 1.165) is 30.5 Å². The maximum Gasteiger partial charge on any atom is 0.0406 e. The van der Waals surface area contributed by atoms with Crippen molar-refractivity contribution in [2.24, 2.45) is 5.92 Å². The van der Waals surface area contributed by atoms with Crippen LogP contribution in [0.4, 0.5) is 0 Å². The summed E-state index contributed by atoms with van der Waals surface area (Å²) < 4.78 is 0. The van der Waals surface area contributed by atoms with Crippen LogP contribution in [0, 0.1) is 5.92 Å². The van der Waals surface area contributed by atoms with Gasteiger partial charge in [0.05, 0.1) is 0 Å². The summed E-state index contributed by atoms with van der Waals surface area (Å²) in [7, 11) is 0. The van der Waals surface area contributed by atoms with Gasteiger partial charge in [0, 0.05) is 5.02 Å². The Morgan fingerprint density at radius 2 is 1.93 bits per heavy atom. The first-order chi connectivity index (χ1) is 7.22. The first kappa shape index (κ1) is 12.5. The fourth-order valence-electron chi connectivity index (χ4n) is 1.38. The normalized spacial score (nSPS) is 12.7. The lowest BCUT2D eigenvalue weighted by Gasteiger charge is -2.09. The molecular formula is C13H20ClN. The van der Waals surface area contributed by atoms with Crippen LogP contribution in [0.3, 0.4) is 0 Å². The lowest BCUT2D eigenvalue weighted by atomic mass is 10.1. The van der Waals surface area contributed by atoms with Gasteiger partial charge in [-0.3, -0.25) is 0 Å². The lowest BCUT2D eigenvalue weighted by molar-refractivity contribution is 0.502. The van der Waals surface area contributed by atoms with Crippen molar-refractivity contribution in [3.05, 3.63) is 34.9 Å². The smallest absolute Gasteiger partial charge is 0.0406 e. The molecule has 0 aliphatic heterocycles. The Balaban J connectivity index is 2.17. The molecule has 2 heteroatoms. The molecule has 1 aromatic rings. The summed E-state index contributed by atoms with van der Waals surface area (Å²) in [6.07, 6.45) is 2.32. The maximum atomic E-state index is 5.82. The third-order valence-corrected chi connectivity index (χ3v) is 2.95. The summed E-state index contributed by atoms with van der Waals surface area (Å²) in [6, 6.07) is 8.08. The van der Waals surface area contributed by atoms with Gasteiger partial charge in [0.2, 0.25) is 0 Å². The summed E-state index contributed by atoms with van der Waals surface area (Å²) in [5, 5.41) is 4.28. The number of hydrogen-bond donors (Lipinski definition) is 1. The maximum absolute atomic E-state index is 5.82. The summed E-state index contributed by atoms with van der Waals surface area (Å²) in [5.74, 6) is 0.773. The minimum Gasteiger partial charge on any atom is -0.316 e. The molecular weight excluding hydrogens is 206 g/mol. The third-order valence-electron chi connectivity index (χ3n) is 2.69. The second-order valence-electron chi connectivity index (χ2n) is 4.09. The predicted molar refractivity (Wildman–Crippen MR) is 67.5 cm³/mol. The molecule has 1 nitrogen and oxygen atoms in total. The highest BCUT2D eigenvalue weighted by atomic mass is 35.5. The fourth-order valence-corrected chi connectivity index (χ4v) is 1.50. The van der Waals surface area contributed by atoms with Gasteiger partial charge in [0.15, 0.2) is 0 Å². The van der Waals surface area contributed by atoms with Gasteiger partial charge in [0.1, 0.15) is 0 Å². The Morgan fingerprint density at radius 1 is 1.27 bits per heavy atom. The van der Waals surface area contributed by atoms with Crippen molar-refractivity contribution < 1.29 is 0 Å². The van der Waals surface area contributed by atoms with Crippen LogP contribution in [-0.4, -0.2) is 13.1 Å². The molecule has 0 aliphatic carbocycles. The largest absolute Gasteiger partial charge is 0.316 e. The van der Waals surface area contributed by atoms with Gasteiger partial charge >= 0.3 is 0 Å². The molecule has 0 aromatic heterocycles. The van der Waals surface area contributed by atoms with E-state index in [-0.39, 0.29) is 0 Å². The standard InChI is InChI=1S/C13H20ClN/c1-3-11(2)10-15-9-8-12-4-6-13(14)7-5-12/h4-7,11,15H,3,8-10H2,1-2H3. The Labute approximate surface area is 97.8 Å². The molecule has 1 rings (SSSR count). The second kappa shape index (κ2) is 6.86. The fraction of sp³-hybridized carbons (Fsp3) is 0.538. The van der Waals surface area contributed by atoms with Crippen LogP contribution >= 0.6 is 11.6 Å². The summed E-state index contributed by atoms with van der Waals surface area (Å²) in [6.45, 7) is 6.66. The molecule has 0 fully saturated rings. The van der Waals surface area contributed by atoms with Gasteiger partial charge in [-0.2, -0.15) is 0 Å². The van der Waals surface area contributed by atoms with E-state index in [0.29, 0.717) is 0 Å². The van der Waals surface area contributed by atoms with Gasteiger partial charge in [-0.15, -0.1) is 0 Å². The zero-order valence-electron chi connectivity index (χ0n) is 9.59. The Kier molecular flexibility index (Phi) is 5.74. The van der Waals surface area contributed by atoms with Crippen molar-refractivity contribution in [2.45, 2.75) is 26.7 Å². The summed E-state index contributed by atoms with van der Waals surface area (Å²) >= 11 is 5.82. The molecule has 1 atom stereocenters. The molecule has 84 valence electrons. The van der Waals surface area contributed by atoms with Crippen molar-refractivity contribution >= 4 is 11.6 Å². The van der Waals surface area contributed by atoms with E-state index in [4.69, 9.17) is 11.6 Å².